The molecule has 0 saturated carbocycles. The van der Waals surface area contributed by atoms with Gasteiger partial charge in [-0.25, -0.2) is 4.79 Å². The largest absolute Gasteiger partial charge is 0.463 e. The standard InChI is InChI=1S/C28H40N6O3S/c1-3-4-17-37-28(36)26-29-18-20-19-32(2)22(25(35)24(20)30-26)10-7-8-12-33-13-15-34(16-14-33)27-21-9-5-6-11-23(21)38-31-27/h5-6,9,11,22,26,29-30H,3-4,7-8,10,12-19H2,1-2H3. The van der Waals surface area contributed by atoms with Crippen LogP contribution in [0.25, 0.3) is 10.1 Å². The Balaban J connectivity index is 1.06. The average molecular weight is 541 g/mol. The quantitative estimate of drug-likeness (QED) is 0.349. The van der Waals surface area contributed by atoms with E-state index in [1.807, 2.05) is 7.05 Å². The zero-order valence-electron chi connectivity index (χ0n) is 22.6. The molecule has 0 bridgehead atoms. The average Bonchev–Trinajstić information content (AvgIpc) is 3.37. The number of nitrogens with zero attached hydrogens (tertiary/aromatic N) is 4. The lowest BCUT2D eigenvalue weighted by Gasteiger charge is -2.39. The third-order valence-corrected chi connectivity index (χ3v) is 8.71. The second-order valence-corrected chi connectivity index (χ2v) is 11.4. The Morgan fingerprint density at radius 2 is 1.97 bits per heavy atom. The molecule has 38 heavy (non-hydrogen) atoms. The van der Waals surface area contributed by atoms with Crippen molar-refractivity contribution in [2.75, 3.05) is 64.4 Å². The zero-order chi connectivity index (χ0) is 26.5. The fraction of sp³-hybridized carbons (Fsp3) is 0.607. The third kappa shape index (κ3) is 6.03. The number of piperazine rings is 1. The number of nitrogens with one attached hydrogen (secondary N) is 2. The summed E-state index contributed by atoms with van der Waals surface area (Å²) in [4.78, 5) is 32.9. The van der Waals surface area contributed by atoms with Gasteiger partial charge in [0.05, 0.1) is 23.0 Å². The van der Waals surface area contributed by atoms with E-state index in [9.17, 15) is 9.59 Å². The van der Waals surface area contributed by atoms with Crippen LogP contribution in [0.15, 0.2) is 35.5 Å². The molecule has 1 fully saturated rings. The van der Waals surface area contributed by atoms with Crippen LogP contribution in [0.4, 0.5) is 5.82 Å². The van der Waals surface area contributed by atoms with Crippen LogP contribution in [-0.4, -0.2) is 97.6 Å². The number of esters is 1. The minimum Gasteiger partial charge on any atom is -0.463 e. The van der Waals surface area contributed by atoms with Crippen LogP contribution in [0.5, 0.6) is 0 Å². The molecule has 4 heterocycles. The molecular formula is C28H40N6O3S. The molecule has 0 aliphatic carbocycles. The first-order chi connectivity index (χ1) is 18.5. The topological polar surface area (TPSA) is 90.0 Å². The van der Waals surface area contributed by atoms with Crippen LogP contribution in [-0.2, 0) is 14.3 Å². The Morgan fingerprint density at radius 1 is 1.16 bits per heavy atom. The number of unbranched alkanes of at least 4 members (excludes halogenated alkanes) is 2. The van der Waals surface area contributed by atoms with Gasteiger partial charge in [0.1, 0.15) is 5.82 Å². The van der Waals surface area contributed by atoms with E-state index in [0.717, 1.165) is 82.8 Å². The van der Waals surface area contributed by atoms with Crippen LogP contribution in [0, 0.1) is 0 Å². The molecule has 2 atom stereocenters. The number of anilines is 1. The smallest absolute Gasteiger partial charge is 0.343 e. The minimum atomic E-state index is -0.653. The van der Waals surface area contributed by atoms with Gasteiger partial charge in [0, 0.05) is 44.7 Å². The molecule has 1 aromatic carbocycles. The highest BCUT2D eigenvalue weighted by Crippen LogP contribution is 2.30. The number of likely N-dealkylation sites (N-methyl/N-ethyl adjacent to an activating group) is 1. The van der Waals surface area contributed by atoms with Crippen LogP contribution >= 0.6 is 11.5 Å². The molecule has 206 valence electrons. The van der Waals surface area contributed by atoms with Crippen LogP contribution in [0.3, 0.4) is 0 Å². The normalized spacial score (nSPS) is 23.0. The van der Waals surface area contributed by atoms with E-state index in [-0.39, 0.29) is 17.8 Å². The first kappa shape index (κ1) is 27.1. The maximum absolute atomic E-state index is 13.4. The molecule has 0 radical (unpaired) electrons. The predicted molar refractivity (Wildman–Crippen MR) is 151 cm³/mol. The van der Waals surface area contributed by atoms with E-state index in [1.165, 1.54) is 10.1 Å². The summed E-state index contributed by atoms with van der Waals surface area (Å²) >= 11 is 1.58. The number of aromatic nitrogens is 1. The highest BCUT2D eigenvalue weighted by molar-refractivity contribution is 7.13. The summed E-state index contributed by atoms with van der Waals surface area (Å²) in [5.74, 6) is 0.891. The Labute approximate surface area is 229 Å². The van der Waals surface area contributed by atoms with Crippen molar-refractivity contribution in [3.05, 3.63) is 35.5 Å². The lowest BCUT2D eigenvalue weighted by atomic mass is 9.92. The van der Waals surface area contributed by atoms with Crippen LogP contribution in [0.2, 0.25) is 0 Å². The van der Waals surface area contributed by atoms with E-state index in [4.69, 9.17) is 9.11 Å². The number of Topliss-reactive ketones (excluding diaryl/α,β-unsaturated/α-hetero) is 1. The monoisotopic (exact) mass is 540 g/mol. The molecule has 3 aliphatic rings. The van der Waals surface area contributed by atoms with Gasteiger partial charge in [-0.2, -0.15) is 4.37 Å². The Kier molecular flexibility index (Phi) is 8.93. The molecule has 0 spiro atoms. The lowest BCUT2D eigenvalue weighted by molar-refractivity contribution is -0.147. The molecule has 9 nitrogen and oxygen atoms in total. The molecular weight excluding hydrogens is 500 g/mol. The summed E-state index contributed by atoms with van der Waals surface area (Å²) in [6, 6.07) is 8.32. The number of carbonyl (C=O) groups excluding carboxylic acids is 2. The highest BCUT2D eigenvalue weighted by Gasteiger charge is 2.38. The molecule has 1 aromatic heterocycles. The number of hydrogen-bond donors (Lipinski definition) is 2. The highest BCUT2D eigenvalue weighted by atomic mass is 32.1. The third-order valence-electron chi connectivity index (χ3n) is 7.89. The van der Waals surface area contributed by atoms with Crippen LogP contribution < -0.4 is 15.5 Å². The van der Waals surface area contributed by atoms with Crippen molar-refractivity contribution in [2.24, 2.45) is 0 Å². The Morgan fingerprint density at radius 3 is 2.79 bits per heavy atom. The van der Waals surface area contributed by atoms with E-state index in [2.05, 4.69) is 56.5 Å². The molecule has 1 saturated heterocycles. The number of ether oxygens (including phenoxy) is 1. The van der Waals surface area contributed by atoms with Gasteiger partial charge in [-0.3, -0.25) is 19.9 Å². The summed E-state index contributed by atoms with van der Waals surface area (Å²) < 4.78 is 11.3. The van der Waals surface area contributed by atoms with Gasteiger partial charge in [0.15, 0.2) is 11.9 Å². The van der Waals surface area contributed by atoms with Gasteiger partial charge in [0.2, 0.25) is 0 Å². The van der Waals surface area contributed by atoms with Gasteiger partial charge < -0.3 is 15.0 Å². The van der Waals surface area contributed by atoms with Crippen LogP contribution in [0.1, 0.15) is 39.0 Å². The predicted octanol–water partition coefficient (Wildman–Crippen LogP) is 2.59. The molecule has 2 unspecified atom stereocenters. The number of carbonyl (C=O) groups is 2. The van der Waals surface area contributed by atoms with E-state index in [0.29, 0.717) is 18.8 Å². The fourth-order valence-electron chi connectivity index (χ4n) is 5.62. The van der Waals surface area contributed by atoms with Gasteiger partial charge in [-0.1, -0.05) is 31.9 Å². The zero-order valence-corrected chi connectivity index (χ0v) is 23.4. The molecule has 0 amide bonds. The number of hydrogen-bond acceptors (Lipinski definition) is 10. The molecule has 3 aliphatic heterocycles. The summed E-state index contributed by atoms with van der Waals surface area (Å²) in [6.07, 6.45) is 4.07. The van der Waals surface area contributed by atoms with Crippen molar-refractivity contribution in [2.45, 2.75) is 51.2 Å². The number of benzene rings is 1. The molecule has 2 aromatic rings. The summed E-state index contributed by atoms with van der Waals surface area (Å²) in [6.45, 7) is 8.86. The minimum absolute atomic E-state index is 0.103. The van der Waals surface area contributed by atoms with Gasteiger partial charge >= 0.3 is 5.97 Å². The summed E-state index contributed by atoms with van der Waals surface area (Å²) in [5.41, 5.74) is 1.65. The second kappa shape index (κ2) is 12.5. The van der Waals surface area contributed by atoms with Crippen molar-refractivity contribution in [3.63, 3.8) is 0 Å². The Hall–Kier alpha value is -2.53. The number of ketones is 1. The van der Waals surface area contributed by atoms with Gasteiger partial charge in [-0.05, 0) is 62.1 Å². The van der Waals surface area contributed by atoms with Crippen molar-refractivity contribution in [1.82, 2.24) is 24.8 Å². The lowest BCUT2D eigenvalue weighted by Crippen LogP contribution is -2.59. The molecule has 5 rings (SSSR count). The molecule has 10 heteroatoms. The van der Waals surface area contributed by atoms with E-state index >= 15 is 0 Å². The number of fused-ring (bicyclic) bond motifs is 1. The Bertz CT molecular complexity index is 1160. The first-order valence-corrected chi connectivity index (χ1v) is 14.8. The van der Waals surface area contributed by atoms with Crippen molar-refractivity contribution >= 4 is 39.2 Å². The van der Waals surface area contributed by atoms with E-state index in [1.54, 1.807) is 11.5 Å². The summed E-state index contributed by atoms with van der Waals surface area (Å²) in [5, 5.41) is 7.59. The first-order valence-electron chi connectivity index (χ1n) is 14.0. The van der Waals surface area contributed by atoms with E-state index < -0.39 is 6.17 Å². The second-order valence-electron chi connectivity index (χ2n) is 10.6. The van der Waals surface area contributed by atoms with Crippen molar-refractivity contribution < 1.29 is 14.3 Å². The maximum Gasteiger partial charge on any atom is 0.343 e. The molecule has 2 N–H and O–H groups in total. The van der Waals surface area contributed by atoms with Gasteiger partial charge in [-0.15, -0.1) is 0 Å². The number of rotatable bonds is 10. The fourth-order valence-corrected chi connectivity index (χ4v) is 6.42. The SMILES string of the molecule is CCCCOC(=O)C1NCC2=C(N1)C(=O)C(CCCCN1CCN(c3nsc4ccccc34)CC1)N(C)C2. The summed E-state index contributed by atoms with van der Waals surface area (Å²) in [7, 11) is 2.03. The van der Waals surface area contributed by atoms with Crippen molar-refractivity contribution in [1.29, 1.82) is 0 Å². The van der Waals surface area contributed by atoms with Gasteiger partial charge in [0.25, 0.3) is 0 Å². The van der Waals surface area contributed by atoms with Crippen molar-refractivity contribution in [3.8, 4) is 0 Å². The maximum atomic E-state index is 13.4.